The number of rotatable bonds is 5. The zero-order valence-electron chi connectivity index (χ0n) is 16.7. The van der Waals surface area contributed by atoms with Crippen molar-refractivity contribution in [2.24, 2.45) is 0 Å². The number of nitrogens with one attached hydrogen (secondary N) is 1. The molecule has 1 aliphatic heterocycles. The van der Waals surface area contributed by atoms with Crippen molar-refractivity contribution >= 4 is 27.8 Å². The number of nitrogens with zero attached hydrogens (tertiary/aromatic N) is 2. The van der Waals surface area contributed by atoms with E-state index in [0.29, 0.717) is 43.0 Å². The largest absolute Gasteiger partial charge is 0.465 e. The topological polar surface area (TPSA) is 58.2 Å². The molecule has 0 fully saturated rings. The van der Waals surface area contributed by atoms with Gasteiger partial charge in [-0.2, -0.15) is 0 Å². The van der Waals surface area contributed by atoms with E-state index in [0.717, 1.165) is 0 Å². The zero-order chi connectivity index (χ0) is 20.7. The summed E-state index contributed by atoms with van der Waals surface area (Å²) in [5.74, 6) is 0.0676. The van der Waals surface area contributed by atoms with Crippen LogP contribution in [0.2, 0.25) is 0 Å². The fourth-order valence-corrected chi connectivity index (χ4v) is 4.26. The highest BCUT2D eigenvalue weighted by Crippen LogP contribution is 2.30. The van der Waals surface area contributed by atoms with Crippen molar-refractivity contribution in [2.75, 3.05) is 6.61 Å². The first-order chi connectivity index (χ1) is 14.6. The van der Waals surface area contributed by atoms with Crippen LogP contribution in [0.25, 0.3) is 21.8 Å². The molecule has 1 aliphatic rings. The fourth-order valence-electron chi connectivity index (χ4n) is 4.26. The zero-order valence-corrected chi connectivity index (χ0v) is 16.7. The second kappa shape index (κ2) is 7.54. The minimum atomic E-state index is -0.467. The summed E-state index contributed by atoms with van der Waals surface area (Å²) in [5.41, 5.74) is 3.78. The summed E-state index contributed by atoms with van der Waals surface area (Å²) in [7, 11) is 0. The average molecular weight is 403 g/mol. The molecule has 5 rings (SSSR count). The van der Waals surface area contributed by atoms with Crippen molar-refractivity contribution in [2.45, 2.75) is 32.5 Å². The second-order valence-corrected chi connectivity index (χ2v) is 7.69. The number of aromatic amines is 1. The highest BCUT2D eigenvalue weighted by molar-refractivity contribution is 5.84. The van der Waals surface area contributed by atoms with Crippen LogP contribution >= 0.6 is 0 Å². The molecule has 5 nitrogen and oxygen atoms in total. The van der Waals surface area contributed by atoms with Gasteiger partial charge in [-0.05, 0) is 59.2 Å². The number of aromatic nitrogens is 2. The molecule has 152 valence electrons. The summed E-state index contributed by atoms with van der Waals surface area (Å²) in [5, 5.41) is 2.40. The monoisotopic (exact) mass is 403 g/mol. The number of imidazole rings is 1. The molecule has 0 amide bonds. The van der Waals surface area contributed by atoms with Gasteiger partial charge in [0.15, 0.2) is 0 Å². The molecule has 0 radical (unpaired) electrons. The maximum absolute atomic E-state index is 13.5. The Labute approximate surface area is 173 Å². The Hall–Kier alpha value is -3.25. The van der Waals surface area contributed by atoms with Crippen LogP contribution in [0.4, 0.5) is 4.39 Å². The van der Waals surface area contributed by atoms with Gasteiger partial charge in [-0.25, -0.2) is 9.37 Å². The molecule has 30 heavy (non-hydrogen) atoms. The SMILES string of the molecule is CCOC(=O)C(Cc1nc2ccc(F)cc2[nH]1)N1Cc2cc3ccccc3cc2C1. The van der Waals surface area contributed by atoms with Gasteiger partial charge in [-0.15, -0.1) is 0 Å². The Balaban J connectivity index is 1.44. The molecular weight excluding hydrogens is 381 g/mol. The molecule has 1 N–H and O–H groups in total. The predicted molar refractivity (Wildman–Crippen MR) is 113 cm³/mol. The quantitative estimate of drug-likeness (QED) is 0.504. The van der Waals surface area contributed by atoms with E-state index in [2.05, 4.69) is 39.1 Å². The standard InChI is InChI=1S/C24H22FN3O2/c1-2-30-24(29)22(12-23-26-20-8-7-19(25)11-21(20)27-23)28-13-17-9-15-5-3-4-6-16(15)10-18(17)14-28/h3-11,22H,2,12-14H2,1H3,(H,26,27). The molecule has 0 saturated carbocycles. The minimum Gasteiger partial charge on any atom is -0.465 e. The third-order valence-electron chi connectivity index (χ3n) is 5.69. The van der Waals surface area contributed by atoms with Gasteiger partial charge in [0.25, 0.3) is 0 Å². The van der Waals surface area contributed by atoms with Crippen LogP contribution in [0.15, 0.2) is 54.6 Å². The van der Waals surface area contributed by atoms with Gasteiger partial charge in [0.05, 0.1) is 17.6 Å². The van der Waals surface area contributed by atoms with E-state index in [1.54, 1.807) is 6.07 Å². The van der Waals surface area contributed by atoms with Gasteiger partial charge in [0.1, 0.15) is 17.7 Å². The van der Waals surface area contributed by atoms with E-state index < -0.39 is 6.04 Å². The molecule has 0 bridgehead atoms. The van der Waals surface area contributed by atoms with Gasteiger partial charge in [-0.1, -0.05) is 24.3 Å². The lowest BCUT2D eigenvalue weighted by molar-refractivity contribution is -0.149. The molecule has 0 aliphatic carbocycles. The van der Waals surface area contributed by atoms with E-state index in [-0.39, 0.29) is 11.8 Å². The summed E-state index contributed by atoms with van der Waals surface area (Å²) in [6.07, 6.45) is 0.378. The third kappa shape index (κ3) is 3.44. The van der Waals surface area contributed by atoms with Crippen LogP contribution in [0.3, 0.4) is 0 Å². The van der Waals surface area contributed by atoms with E-state index in [4.69, 9.17) is 4.74 Å². The van der Waals surface area contributed by atoms with Crippen molar-refractivity contribution in [1.29, 1.82) is 0 Å². The number of benzene rings is 3. The average Bonchev–Trinajstić information content (AvgIpc) is 3.32. The molecule has 4 aromatic rings. The van der Waals surface area contributed by atoms with Crippen LogP contribution < -0.4 is 0 Å². The Morgan fingerprint density at radius 3 is 2.50 bits per heavy atom. The smallest absolute Gasteiger partial charge is 0.323 e. The van der Waals surface area contributed by atoms with E-state index in [1.807, 2.05) is 19.1 Å². The molecule has 2 heterocycles. The highest BCUT2D eigenvalue weighted by Gasteiger charge is 2.33. The molecule has 0 spiro atoms. The first-order valence-electron chi connectivity index (χ1n) is 10.2. The highest BCUT2D eigenvalue weighted by atomic mass is 19.1. The molecule has 1 unspecified atom stereocenters. The first kappa shape index (κ1) is 18.8. The summed E-state index contributed by atoms with van der Waals surface area (Å²) >= 11 is 0. The Kier molecular flexibility index (Phi) is 4.71. The summed E-state index contributed by atoms with van der Waals surface area (Å²) < 4.78 is 18.9. The van der Waals surface area contributed by atoms with Crippen molar-refractivity contribution in [1.82, 2.24) is 14.9 Å². The molecule has 3 aromatic carbocycles. The lowest BCUT2D eigenvalue weighted by Gasteiger charge is -2.25. The second-order valence-electron chi connectivity index (χ2n) is 7.69. The number of H-pyrrole nitrogens is 1. The fraction of sp³-hybridized carbons (Fsp3) is 0.250. The number of hydrogen-bond donors (Lipinski definition) is 1. The van der Waals surface area contributed by atoms with Crippen LogP contribution in [0.5, 0.6) is 0 Å². The number of carbonyl (C=O) groups is 1. The van der Waals surface area contributed by atoms with E-state index in [1.165, 1.54) is 34.0 Å². The molecule has 6 heteroatoms. The maximum Gasteiger partial charge on any atom is 0.323 e. The van der Waals surface area contributed by atoms with Gasteiger partial charge in [0, 0.05) is 19.5 Å². The number of hydrogen-bond acceptors (Lipinski definition) is 4. The van der Waals surface area contributed by atoms with Crippen LogP contribution in [-0.4, -0.2) is 33.5 Å². The van der Waals surface area contributed by atoms with Crippen molar-refractivity contribution < 1.29 is 13.9 Å². The molecule has 1 aromatic heterocycles. The summed E-state index contributed by atoms with van der Waals surface area (Å²) in [6.45, 7) is 3.49. The normalized spacial score (nSPS) is 14.9. The van der Waals surface area contributed by atoms with Gasteiger partial charge in [-0.3, -0.25) is 9.69 Å². The Morgan fingerprint density at radius 1 is 1.13 bits per heavy atom. The Morgan fingerprint density at radius 2 is 1.83 bits per heavy atom. The lowest BCUT2D eigenvalue weighted by Crippen LogP contribution is -2.41. The van der Waals surface area contributed by atoms with Crippen molar-refractivity contribution in [3.05, 3.63) is 77.4 Å². The van der Waals surface area contributed by atoms with Crippen molar-refractivity contribution in [3.63, 3.8) is 0 Å². The van der Waals surface area contributed by atoms with E-state index in [9.17, 15) is 9.18 Å². The van der Waals surface area contributed by atoms with Crippen LogP contribution in [-0.2, 0) is 29.0 Å². The number of esters is 1. The number of ether oxygens (including phenoxy) is 1. The molecule has 0 saturated heterocycles. The van der Waals surface area contributed by atoms with Crippen LogP contribution in [0, 0.1) is 5.82 Å². The molecular formula is C24H22FN3O2. The maximum atomic E-state index is 13.5. The third-order valence-corrected chi connectivity index (χ3v) is 5.69. The number of halogens is 1. The van der Waals surface area contributed by atoms with Gasteiger partial charge >= 0.3 is 5.97 Å². The first-order valence-corrected chi connectivity index (χ1v) is 10.2. The van der Waals surface area contributed by atoms with E-state index >= 15 is 0 Å². The van der Waals surface area contributed by atoms with Crippen molar-refractivity contribution in [3.8, 4) is 0 Å². The van der Waals surface area contributed by atoms with Crippen LogP contribution in [0.1, 0.15) is 23.9 Å². The number of fused-ring (bicyclic) bond motifs is 3. The summed E-state index contributed by atoms with van der Waals surface area (Å²) in [4.78, 5) is 22.7. The Bertz CT molecular complexity index is 1210. The van der Waals surface area contributed by atoms with Gasteiger partial charge in [0.2, 0.25) is 0 Å². The molecule has 1 atom stereocenters. The predicted octanol–water partition coefficient (Wildman–Crippen LogP) is 4.35. The number of carbonyl (C=O) groups excluding carboxylic acids is 1. The minimum absolute atomic E-state index is 0.263. The van der Waals surface area contributed by atoms with Gasteiger partial charge < -0.3 is 9.72 Å². The lowest BCUT2D eigenvalue weighted by atomic mass is 10.0. The summed E-state index contributed by atoms with van der Waals surface area (Å²) in [6, 6.07) is 16.7.